The van der Waals surface area contributed by atoms with Gasteiger partial charge in [0.2, 0.25) is 0 Å². The van der Waals surface area contributed by atoms with E-state index in [-0.39, 0.29) is 0 Å². The fourth-order valence-corrected chi connectivity index (χ4v) is 2.38. The first-order valence-corrected chi connectivity index (χ1v) is 7.89. The van der Waals surface area contributed by atoms with Crippen LogP contribution in [-0.2, 0) is 0 Å². The van der Waals surface area contributed by atoms with Crippen molar-refractivity contribution in [1.82, 2.24) is 0 Å². The van der Waals surface area contributed by atoms with Crippen molar-refractivity contribution in [1.29, 1.82) is 0 Å². The fraction of sp³-hybridized carbons (Fsp3) is 0.100. The molecule has 0 fully saturated rings. The summed E-state index contributed by atoms with van der Waals surface area (Å²) >= 11 is 0. The number of hydrogen-bond donors (Lipinski definition) is 3. The van der Waals surface area contributed by atoms with Gasteiger partial charge in [0.1, 0.15) is 12.4 Å². The Labute approximate surface area is 142 Å². The smallest absolute Gasteiger partial charge is 0.119 e. The number of ether oxygens (including phenoxy) is 1. The van der Waals surface area contributed by atoms with E-state index in [1.165, 1.54) is 0 Å². The van der Waals surface area contributed by atoms with Crippen LogP contribution in [0.25, 0.3) is 11.1 Å². The number of nitrogen functional groups attached to an aromatic ring is 2. The minimum Gasteiger partial charge on any atom is -0.492 e. The number of benzene rings is 3. The van der Waals surface area contributed by atoms with Gasteiger partial charge in [-0.3, -0.25) is 0 Å². The summed E-state index contributed by atoms with van der Waals surface area (Å²) in [6, 6.07) is 23.6. The molecule has 5 N–H and O–H groups in total. The van der Waals surface area contributed by atoms with E-state index in [9.17, 15) is 0 Å². The minimum absolute atomic E-state index is 0.589. The van der Waals surface area contributed by atoms with Crippen LogP contribution in [0.1, 0.15) is 0 Å². The van der Waals surface area contributed by atoms with E-state index in [4.69, 9.17) is 16.2 Å². The normalized spacial score (nSPS) is 10.3. The highest BCUT2D eigenvalue weighted by atomic mass is 16.5. The van der Waals surface area contributed by atoms with Crippen LogP contribution in [0.3, 0.4) is 0 Å². The third-order valence-electron chi connectivity index (χ3n) is 3.71. The molecule has 0 aliphatic heterocycles. The molecule has 122 valence electrons. The lowest BCUT2D eigenvalue weighted by molar-refractivity contribution is 0.333. The first-order valence-electron chi connectivity index (χ1n) is 7.89. The number of nitrogens with one attached hydrogen (secondary N) is 1. The molecule has 0 amide bonds. The molecule has 4 heteroatoms. The van der Waals surface area contributed by atoms with E-state index in [1.54, 1.807) is 0 Å². The number of anilines is 3. The van der Waals surface area contributed by atoms with Crippen LogP contribution >= 0.6 is 0 Å². The second-order valence-corrected chi connectivity index (χ2v) is 5.54. The van der Waals surface area contributed by atoms with Crippen molar-refractivity contribution in [3.8, 4) is 16.9 Å². The zero-order valence-electron chi connectivity index (χ0n) is 13.4. The molecule has 0 radical (unpaired) electrons. The average Bonchev–Trinajstić information content (AvgIpc) is 2.62. The predicted octanol–water partition coefficient (Wildman–Crippen LogP) is 4.01. The van der Waals surface area contributed by atoms with Gasteiger partial charge in [0.25, 0.3) is 0 Å². The lowest BCUT2D eigenvalue weighted by Crippen LogP contribution is -2.11. The Morgan fingerprint density at radius 2 is 1.17 bits per heavy atom. The van der Waals surface area contributed by atoms with E-state index in [0.717, 1.165) is 40.5 Å². The quantitative estimate of drug-likeness (QED) is 0.474. The minimum atomic E-state index is 0.589. The number of nitrogens with two attached hydrogens (primary N) is 2. The zero-order chi connectivity index (χ0) is 16.8. The highest BCUT2D eigenvalue weighted by Crippen LogP contribution is 2.23. The van der Waals surface area contributed by atoms with Crippen LogP contribution in [0.5, 0.6) is 5.75 Å². The monoisotopic (exact) mass is 319 g/mol. The van der Waals surface area contributed by atoms with Gasteiger partial charge in [-0.05, 0) is 59.7 Å². The first-order chi connectivity index (χ1) is 11.7. The summed E-state index contributed by atoms with van der Waals surface area (Å²) in [5.41, 5.74) is 16.2. The fourth-order valence-electron chi connectivity index (χ4n) is 2.38. The summed E-state index contributed by atoms with van der Waals surface area (Å²) in [6.45, 7) is 1.31. The van der Waals surface area contributed by atoms with Crippen molar-refractivity contribution < 1.29 is 4.74 Å². The zero-order valence-corrected chi connectivity index (χ0v) is 13.4. The summed E-state index contributed by atoms with van der Waals surface area (Å²) in [7, 11) is 0. The molecule has 0 atom stereocenters. The van der Waals surface area contributed by atoms with Crippen LogP contribution in [0, 0.1) is 0 Å². The Hall–Kier alpha value is -3.14. The predicted molar refractivity (Wildman–Crippen MR) is 101 cm³/mol. The van der Waals surface area contributed by atoms with Crippen LogP contribution in [0.2, 0.25) is 0 Å². The molecule has 0 aliphatic rings. The molecule has 0 spiro atoms. The van der Waals surface area contributed by atoms with Crippen molar-refractivity contribution in [3.05, 3.63) is 72.8 Å². The summed E-state index contributed by atoms with van der Waals surface area (Å²) < 4.78 is 5.75. The van der Waals surface area contributed by atoms with E-state index in [2.05, 4.69) is 5.32 Å². The topological polar surface area (TPSA) is 73.3 Å². The van der Waals surface area contributed by atoms with Gasteiger partial charge < -0.3 is 21.5 Å². The molecule has 3 aromatic rings. The van der Waals surface area contributed by atoms with E-state index >= 15 is 0 Å². The van der Waals surface area contributed by atoms with Gasteiger partial charge in [-0.2, -0.15) is 0 Å². The van der Waals surface area contributed by atoms with Gasteiger partial charge in [0.05, 0.1) is 0 Å². The summed E-state index contributed by atoms with van der Waals surface area (Å²) in [5.74, 6) is 0.855. The Morgan fingerprint density at radius 3 is 1.75 bits per heavy atom. The maximum Gasteiger partial charge on any atom is 0.119 e. The Bertz CT molecular complexity index is 765. The van der Waals surface area contributed by atoms with Crippen molar-refractivity contribution >= 4 is 17.1 Å². The van der Waals surface area contributed by atoms with Crippen molar-refractivity contribution in [2.45, 2.75) is 0 Å². The molecule has 0 bridgehead atoms. The molecule has 3 rings (SSSR count). The summed E-state index contributed by atoms with van der Waals surface area (Å²) in [6.07, 6.45) is 0. The van der Waals surface area contributed by atoms with Crippen molar-refractivity contribution in [2.75, 3.05) is 29.9 Å². The second-order valence-electron chi connectivity index (χ2n) is 5.54. The average molecular weight is 319 g/mol. The molecule has 24 heavy (non-hydrogen) atoms. The Balaban J connectivity index is 1.49. The standard InChI is InChI=1S/C20H21N3O/c21-17-5-1-15(2-6-17)16-3-11-20(12-4-16)24-14-13-23-19-9-7-18(22)8-10-19/h1-12,23H,13-14,21-22H2. The summed E-state index contributed by atoms with van der Waals surface area (Å²) in [4.78, 5) is 0. The van der Waals surface area contributed by atoms with Gasteiger partial charge in [-0.15, -0.1) is 0 Å². The van der Waals surface area contributed by atoms with Gasteiger partial charge in [0, 0.05) is 23.6 Å². The molecule has 0 aromatic heterocycles. The van der Waals surface area contributed by atoms with E-state index in [1.807, 2.05) is 72.8 Å². The van der Waals surface area contributed by atoms with Crippen LogP contribution in [-0.4, -0.2) is 13.2 Å². The maximum absolute atomic E-state index is 5.75. The molecular weight excluding hydrogens is 298 g/mol. The highest BCUT2D eigenvalue weighted by Gasteiger charge is 1.99. The molecule has 0 aliphatic carbocycles. The van der Waals surface area contributed by atoms with Gasteiger partial charge in [-0.1, -0.05) is 24.3 Å². The highest BCUT2D eigenvalue weighted by molar-refractivity contribution is 5.66. The molecule has 0 unspecified atom stereocenters. The van der Waals surface area contributed by atoms with Gasteiger partial charge in [-0.25, -0.2) is 0 Å². The largest absolute Gasteiger partial charge is 0.492 e. The molecular formula is C20H21N3O. The summed E-state index contributed by atoms with van der Waals surface area (Å²) in [5, 5.41) is 3.29. The lowest BCUT2D eigenvalue weighted by Gasteiger charge is -2.09. The van der Waals surface area contributed by atoms with Crippen molar-refractivity contribution in [3.63, 3.8) is 0 Å². The maximum atomic E-state index is 5.75. The van der Waals surface area contributed by atoms with Crippen LogP contribution in [0.4, 0.5) is 17.1 Å². The van der Waals surface area contributed by atoms with Crippen LogP contribution in [0.15, 0.2) is 72.8 Å². The Morgan fingerprint density at radius 1 is 0.667 bits per heavy atom. The van der Waals surface area contributed by atoms with Gasteiger partial charge in [0.15, 0.2) is 0 Å². The molecule has 0 saturated heterocycles. The molecule has 4 nitrogen and oxygen atoms in total. The van der Waals surface area contributed by atoms with Crippen LogP contribution < -0.4 is 21.5 Å². The lowest BCUT2D eigenvalue weighted by atomic mass is 10.1. The second kappa shape index (κ2) is 7.42. The van der Waals surface area contributed by atoms with E-state index < -0.39 is 0 Å². The number of hydrogen-bond acceptors (Lipinski definition) is 4. The third-order valence-corrected chi connectivity index (χ3v) is 3.71. The molecule has 3 aromatic carbocycles. The van der Waals surface area contributed by atoms with Crippen molar-refractivity contribution in [2.24, 2.45) is 0 Å². The van der Waals surface area contributed by atoms with Gasteiger partial charge >= 0.3 is 0 Å². The SMILES string of the molecule is Nc1ccc(NCCOc2ccc(-c3ccc(N)cc3)cc2)cc1. The number of rotatable bonds is 6. The molecule has 0 saturated carbocycles. The molecule has 0 heterocycles. The van der Waals surface area contributed by atoms with E-state index in [0.29, 0.717) is 6.61 Å². The first kappa shape index (κ1) is 15.7. The Kier molecular flexibility index (Phi) is 4.87. The third kappa shape index (κ3) is 4.20.